The molecule has 0 atom stereocenters. The first-order valence-electron chi connectivity index (χ1n) is 7.60. The van der Waals surface area contributed by atoms with E-state index in [2.05, 4.69) is 25.7 Å². The summed E-state index contributed by atoms with van der Waals surface area (Å²) in [5.41, 5.74) is 6.47. The topological polar surface area (TPSA) is 29.3 Å². The van der Waals surface area contributed by atoms with Crippen LogP contribution in [0.2, 0.25) is 0 Å². The van der Waals surface area contributed by atoms with Gasteiger partial charge in [-0.1, -0.05) is 52.9 Å². The maximum atomic E-state index is 6.17. The molecule has 0 aliphatic heterocycles. The Morgan fingerprint density at radius 2 is 1.59 bits per heavy atom. The van der Waals surface area contributed by atoms with Gasteiger partial charge in [0.25, 0.3) is 0 Å². The van der Waals surface area contributed by atoms with Gasteiger partial charge in [-0.25, -0.2) is 0 Å². The van der Waals surface area contributed by atoms with Crippen LogP contribution in [0.1, 0.15) is 65.7 Å². The number of likely N-dealkylation sites (N-methyl/N-ethyl adjacent to an activating group) is 1. The molecule has 0 amide bonds. The molecule has 1 aliphatic carbocycles. The predicted molar refractivity (Wildman–Crippen MR) is 76.2 cm³/mol. The van der Waals surface area contributed by atoms with Gasteiger partial charge in [0.05, 0.1) is 0 Å². The fourth-order valence-corrected chi connectivity index (χ4v) is 3.31. The van der Waals surface area contributed by atoms with E-state index in [9.17, 15) is 0 Å². The Bertz CT molecular complexity index is 193. The van der Waals surface area contributed by atoms with E-state index in [1.165, 1.54) is 51.5 Å². The zero-order valence-corrected chi connectivity index (χ0v) is 12.2. The van der Waals surface area contributed by atoms with Crippen LogP contribution in [0, 0.1) is 5.92 Å². The van der Waals surface area contributed by atoms with E-state index < -0.39 is 0 Å². The second-order valence-electron chi connectivity index (χ2n) is 6.13. The molecule has 2 nitrogen and oxygen atoms in total. The Labute approximate surface area is 108 Å². The van der Waals surface area contributed by atoms with E-state index in [4.69, 9.17) is 5.73 Å². The molecule has 0 aromatic rings. The fraction of sp³-hybridized carbons (Fsp3) is 1.00. The highest BCUT2D eigenvalue weighted by molar-refractivity contribution is 4.92. The third-order valence-electron chi connectivity index (χ3n) is 4.30. The molecular weight excluding hydrogens is 208 g/mol. The molecular formula is C15H32N2. The van der Waals surface area contributed by atoms with Crippen LogP contribution in [-0.2, 0) is 0 Å². The molecule has 1 aliphatic rings. The molecule has 0 aromatic heterocycles. The summed E-state index contributed by atoms with van der Waals surface area (Å²) in [7, 11) is 0. The Morgan fingerprint density at radius 3 is 2.00 bits per heavy atom. The van der Waals surface area contributed by atoms with Gasteiger partial charge in [0, 0.05) is 18.6 Å². The molecule has 0 aromatic carbocycles. The third kappa shape index (κ3) is 4.26. The van der Waals surface area contributed by atoms with Crippen LogP contribution in [0.3, 0.4) is 0 Å². The predicted octanol–water partition coefficient (Wildman–Crippen LogP) is 3.41. The molecule has 0 bridgehead atoms. The summed E-state index contributed by atoms with van der Waals surface area (Å²) in [5.74, 6) is 0.740. The second kappa shape index (κ2) is 7.38. The van der Waals surface area contributed by atoms with Gasteiger partial charge in [-0.2, -0.15) is 0 Å². The van der Waals surface area contributed by atoms with Gasteiger partial charge < -0.3 is 5.73 Å². The van der Waals surface area contributed by atoms with Crippen LogP contribution >= 0.6 is 0 Å². The number of rotatable bonds is 5. The summed E-state index contributed by atoms with van der Waals surface area (Å²) in [6, 6.07) is 0. The van der Waals surface area contributed by atoms with Gasteiger partial charge in [-0.3, -0.25) is 4.90 Å². The summed E-state index contributed by atoms with van der Waals surface area (Å²) >= 11 is 0. The van der Waals surface area contributed by atoms with Crippen LogP contribution in [0.5, 0.6) is 0 Å². The molecule has 1 rings (SSSR count). The van der Waals surface area contributed by atoms with Gasteiger partial charge in [0.15, 0.2) is 0 Å². The van der Waals surface area contributed by atoms with Gasteiger partial charge in [0.2, 0.25) is 0 Å². The van der Waals surface area contributed by atoms with E-state index in [-0.39, 0.29) is 0 Å². The Kier molecular flexibility index (Phi) is 6.50. The highest BCUT2D eigenvalue weighted by Gasteiger charge is 2.34. The lowest BCUT2D eigenvalue weighted by molar-refractivity contribution is 0.0607. The maximum absolute atomic E-state index is 6.17. The molecule has 0 saturated heterocycles. The van der Waals surface area contributed by atoms with E-state index in [1.54, 1.807) is 0 Å². The first kappa shape index (κ1) is 15.0. The van der Waals surface area contributed by atoms with Crippen molar-refractivity contribution in [3.05, 3.63) is 0 Å². The fourth-order valence-electron chi connectivity index (χ4n) is 3.31. The highest BCUT2D eigenvalue weighted by Crippen LogP contribution is 2.31. The van der Waals surface area contributed by atoms with Crippen molar-refractivity contribution in [1.82, 2.24) is 4.90 Å². The van der Waals surface area contributed by atoms with Crippen molar-refractivity contribution in [1.29, 1.82) is 0 Å². The molecule has 1 saturated carbocycles. The minimum atomic E-state index is 0.305. The Morgan fingerprint density at radius 1 is 1.06 bits per heavy atom. The largest absolute Gasteiger partial charge is 0.329 e. The van der Waals surface area contributed by atoms with Gasteiger partial charge in [0.1, 0.15) is 0 Å². The third-order valence-corrected chi connectivity index (χ3v) is 4.30. The van der Waals surface area contributed by atoms with Crippen molar-refractivity contribution >= 4 is 0 Å². The van der Waals surface area contributed by atoms with Crippen LogP contribution in [0.25, 0.3) is 0 Å². The summed E-state index contributed by atoms with van der Waals surface area (Å²) in [6.45, 7) is 10.1. The quantitative estimate of drug-likeness (QED) is 0.798. The van der Waals surface area contributed by atoms with Crippen molar-refractivity contribution in [2.24, 2.45) is 11.7 Å². The van der Waals surface area contributed by atoms with E-state index in [1.807, 2.05) is 0 Å². The molecule has 0 unspecified atom stereocenters. The molecule has 2 heteroatoms. The lowest BCUT2D eigenvalue weighted by Gasteiger charge is -2.45. The molecule has 2 N–H and O–H groups in total. The zero-order chi connectivity index (χ0) is 12.7. The average Bonchev–Trinajstić information content (AvgIpc) is 2.27. The van der Waals surface area contributed by atoms with Crippen molar-refractivity contribution in [2.75, 3.05) is 19.6 Å². The highest BCUT2D eigenvalue weighted by atomic mass is 15.2. The van der Waals surface area contributed by atoms with Crippen molar-refractivity contribution in [3.8, 4) is 0 Å². The Balaban J connectivity index is 2.73. The Hall–Kier alpha value is -0.0800. The van der Waals surface area contributed by atoms with Crippen molar-refractivity contribution in [3.63, 3.8) is 0 Å². The molecule has 17 heavy (non-hydrogen) atoms. The minimum absolute atomic E-state index is 0.305. The second-order valence-corrected chi connectivity index (χ2v) is 6.13. The van der Waals surface area contributed by atoms with Crippen LogP contribution in [0.4, 0.5) is 0 Å². The minimum Gasteiger partial charge on any atom is -0.329 e. The van der Waals surface area contributed by atoms with Crippen LogP contribution < -0.4 is 5.73 Å². The SMILES string of the molecule is CCN(CC(C)C)C1(CN)CCCCCCC1. The van der Waals surface area contributed by atoms with Gasteiger partial charge in [-0.05, 0) is 25.3 Å². The van der Waals surface area contributed by atoms with E-state index >= 15 is 0 Å². The summed E-state index contributed by atoms with van der Waals surface area (Å²) in [6.07, 6.45) is 9.59. The average molecular weight is 240 g/mol. The first-order chi connectivity index (χ1) is 8.14. The lowest BCUT2D eigenvalue weighted by atomic mass is 9.82. The van der Waals surface area contributed by atoms with Crippen LogP contribution in [0.15, 0.2) is 0 Å². The maximum Gasteiger partial charge on any atom is 0.0331 e. The number of nitrogens with zero attached hydrogens (tertiary/aromatic N) is 1. The van der Waals surface area contributed by atoms with Crippen LogP contribution in [-0.4, -0.2) is 30.1 Å². The molecule has 0 radical (unpaired) electrons. The summed E-state index contributed by atoms with van der Waals surface area (Å²) in [5, 5.41) is 0. The lowest BCUT2D eigenvalue weighted by Crippen LogP contribution is -2.55. The molecule has 0 heterocycles. The van der Waals surface area contributed by atoms with E-state index in [0.29, 0.717) is 5.54 Å². The summed E-state index contributed by atoms with van der Waals surface area (Å²) in [4.78, 5) is 2.67. The summed E-state index contributed by atoms with van der Waals surface area (Å²) < 4.78 is 0. The van der Waals surface area contributed by atoms with E-state index in [0.717, 1.165) is 19.0 Å². The van der Waals surface area contributed by atoms with Gasteiger partial charge >= 0.3 is 0 Å². The molecule has 1 fully saturated rings. The van der Waals surface area contributed by atoms with Gasteiger partial charge in [-0.15, -0.1) is 0 Å². The smallest absolute Gasteiger partial charge is 0.0331 e. The van der Waals surface area contributed by atoms with Crippen molar-refractivity contribution in [2.45, 2.75) is 71.3 Å². The normalized spacial score (nSPS) is 21.5. The molecule has 102 valence electrons. The number of hydrogen-bond donors (Lipinski definition) is 1. The first-order valence-corrected chi connectivity index (χ1v) is 7.60. The monoisotopic (exact) mass is 240 g/mol. The number of hydrogen-bond acceptors (Lipinski definition) is 2. The van der Waals surface area contributed by atoms with Crippen molar-refractivity contribution < 1.29 is 0 Å². The number of nitrogens with two attached hydrogens (primary N) is 1. The zero-order valence-electron chi connectivity index (χ0n) is 12.2. The molecule has 0 spiro atoms. The standard InChI is InChI=1S/C15H32N2/c1-4-17(12-14(2)3)15(13-16)10-8-6-5-7-9-11-15/h14H,4-13,16H2,1-3H3.